The number of hydrogen-bond acceptors (Lipinski definition) is 5. The number of carboxylic acids is 1. The van der Waals surface area contributed by atoms with Crippen LogP contribution in [0, 0.1) is 0 Å². The molecule has 29 heavy (non-hydrogen) atoms. The molecule has 1 aromatic carbocycles. The number of ether oxygens (including phenoxy) is 3. The number of amides is 1. The van der Waals surface area contributed by atoms with Gasteiger partial charge < -0.3 is 24.2 Å². The van der Waals surface area contributed by atoms with Crippen molar-refractivity contribution in [2.45, 2.75) is 65.6 Å². The molecule has 0 aliphatic carbocycles. The third kappa shape index (κ3) is 10.2. The van der Waals surface area contributed by atoms with Gasteiger partial charge in [-0.1, -0.05) is 31.9 Å². The van der Waals surface area contributed by atoms with Crippen LogP contribution in [0.25, 0.3) is 0 Å². The SMILES string of the molecule is CCCCCN(CCOc1ccc(CC(OCC)C(=O)O)cc1)C(=O)OC(C)C. The first-order chi connectivity index (χ1) is 13.9. The smallest absolute Gasteiger partial charge is 0.410 e. The van der Waals surface area contributed by atoms with Gasteiger partial charge in [-0.05, 0) is 44.9 Å². The van der Waals surface area contributed by atoms with Crippen molar-refractivity contribution in [3.63, 3.8) is 0 Å². The summed E-state index contributed by atoms with van der Waals surface area (Å²) in [5, 5.41) is 9.17. The van der Waals surface area contributed by atoms with Crippen molar-refractivity contribution in [2.75, 3.05) is 26.3 Å². The highest BCUT2D eigenvalue weighted by molar-refractivity contribution is 5.72. The third-order valence-electron chi connectivity index (χ3n) is 4.24. The van der Waals surface area contributed by atoms with Gasteiger partial charge in [-0.25, -0.2) is 9.59 Å². The maximum absolute atomic E-state index is 12.2. The van der Waals surface area contributed by atoms with E-state index < -0.39 is 12.1 Å². The molecule has 0 aromatic heterocycles. The Morgan fingerprint density at radius 2 is 1.76 bits per heavy atom. The van der Waals surface area contributed by atoms with Crippen molar-refractivity contribution in [1.29, 1.82) is 0 Å². The summed E-state index contributed by atoms with van der Waals surface area (Å²) in [5.74, 6) is -0.300. The van der Waals surface area contributed by atoms with E-state index in [2.05, 4.69) is 6.92 Å². The van der Waals surface area contributed by atoms with E-state index in [1.807, 2.05) is 26.0 Å². The summed E-state index contributed by atoms with van der Waals surface area (Å²) in [6, 6.07) is 7.26. The molecule has 0 heterocycles. The van der Waals surface area contributed by atoms with Crippen LogP contribution in [0.3, 0.4) is 0 Å². The topological polar surface area (TPSA) is 85.3 Å². The van der Waals surface area contributed by atoms with Gasteiger partial charge in [0.2, 0.25) is 0 Å². The van der Waals surface area contributed by atoms with Crippen molar-refractivity contribution in [2.24, 2.45) is 0 Å². The maximum Gasteiger partial charge on any atom is 0.410 e. The summed E-state index contributed by atoms with van der Waals surface area (Å²) < 4.78 is 16.3. The van der Waals surface area contributed by atoms with Crippen LogP contribution >= 0.6 is 0 Å². The van der Waals surface area contributed by atoms with Crippen molar-refractivity contribution in [3.05, 3.63) is 29.8 Å². The molecule has 7 heteroatoms. The Bertz CT molecular complexity index is 602. The third-order valence-corrected chi connectivity index (χ3v) is 4.24. The fraction of sp³-hybridized carbons (Fsp3) is 0.636. The molecule has 0 radical (unpaired) electrons. The molecule has 0 spiro atoms. The van der Waals surface area contributed by atoms with Crippen LogP contribution < -0.4 is 4.74 Å². The number of aliphatic carboxylic acids is 1. The molecule has 1 N–H and O–H groups in total. The van der Waals surface area contributed by atoms with Crippen molar-refractivity contribution >= 4 is 12.1 Å². The van der Waals surface area contributed by atoms with Crippen molar-refractivity contribution in [1.82, 2.24) is 4.90 Å². The Labute approximate surface area is 173 Å². The Hall–Kier alpha value is -2.28. The van der Waals surface area contributed by atoms with Crippen LogP contribution in [-0.2, 0) is 20.7 Å². The van der Waals surface area contributed by atoms with E-state index in [1.165, 1.54) is 0 Å². The molecule has 0 fully saturated rings. The fourth-order valence-corrected chi connectivity index (χ4v) is 2.75. The zero-order chi connectivity index (χ0) is 21.6. The number of carbonyl (C=O) groups is 2. The molecule has 1 aromatic rings. The molecule has 1 atom stereocenters. The lowest BCUT2D eigenvalue weighted by Crippen LogP contribution is -2.37. The van der Waals surface area contributed by atoms with Gasteiger partial charge >= 0.3 is 12.1 Å². The fourth-order valence-electron chi connectivity index (χ4n) is 2.75. The van der Waals surface area contributed by atoms with Gasteiger partial charge in [0.1, 0.15) is 12.4 Å². The van der Waals surface area contributed by atoms with Gasteiger partial charge in [0.25, 0.3) is 0 Å². The molecule has 1 rings (SSSR count). The Morgan fingerprint density at radius 1 is 1.07 bits per heavy atom. The largest absolute Gasteiger partial charge is 0.492 e. The van der Waals surface area contributed by atoms with Crippen LogP contribution in [0.2, 0.25) is 0 Å². The first-order valence-corrected chi connectivity index (χ1v) is 10.4. The maximum atomic E-state index is 12.2. The van der Waals surface area contributed by atoms with E-state index in [0.29, 0.717) is 38.5 Å². The van der Waals surface area contributed by atoms with Gasteiger partial charge in [-0.2, -0.15) is 0 Å². The minimum atomic E-state index is -0.969. The molecular formula is C22H35NO6. The molecule has 0 saturated carbocycles. The minimum Gasteiger partial charge on any atom is -0.492 e. The van der Waals surface area contributed by atoms with Gasteiger partial charge in [0, 0.05) is 19.6 Å². The summed E-state index contributed by atoms with van der Waals surface area (Å²) in [6.45, 7) is 9.37. The normalized spacial score (nSPS) is 11.9. The van der Waals surface area contributed by atoms with E-state index in [9.17, 15) is 14.7 Å². The molecule has 0 saturated heterocycles. The summed E-state index contributed by atoms with van der Waals surface area (Å²) in [4.78, 5) is 25.1. The second-order valence-electron chi connectivity index (χ2n) is 7.11. The number of benzene rings is 1. The molecule has 1 unspecified atom stereocenters. The van der Waals surface area contributed by atoms with Crippen LogP contribution in [0.5, 0.6) is 5.75 Å². The first-order valence-electron chi connectivity index (χ1n) is 10.4. The van der Waals surface area contributed by atoms with E-state index >= 15 is 0 Å². The van der Waals surface area contributed by atoms with Gasteiger partial charge in [0.15, 0.2) is 6.10 Å². The Kier molecular flexibility index (Phi) is 11.8. The lowest BCUT2D eigenvalue weighted by Gasteiger charge is -2.23. The van der Waals surface area contributed by atoms with Crippen molar-refractivity contribution < 1.29 is 28.9 Å². The Morgan fingerprint density at radius 3 is 2.31 bits per heavy atom. The molecule has 0 aliphatic heterocycles. The molecule has 164 valence electrons. The second kappa shape index (κ2) is 13.8. The highest BCUT2D eigenvalue weighted by atomic mass is 16.6. The van der Waals surface area contributed by atoms with Crippen LogP contribution in [0.4, 0.5) is 4.79 Å². The summed E-state index contributed by atoms with van der Waals surface area (Å²) in [7, 11) is 0. The van der Waals surface area contributed by atoms with Crippen LogP contribution in [0.15, 0.2) is 24.3 Å². The predicted octanol–water partition coefficient (Wildman–Crippen LogP) is 4.13. The zero-order valence-electron chi connectivity index (χ0n) is 18.1. The standard InChI is InChI=1S/C22H35NO6/c1-5-7-8-13-23(22(26)29-17(3)4)14-15-28-19-11-9-18(10-12-19)16-20(21(24)25)27-6-2/h9-12,17,20H,5-8,13-16H2,1-4H3,(H,24,25). The number of carbonyl (C=O) groups excluding carboxylic acids is 1. The molecule has 0 bridgehead atoms. The summed E-state index contributed by atoms with van der Waals surface area (Å²) >= 11 is 0. The number of nitrogens with zero attached hydrogens (tertiary/aromatic N) is 1. The number of unbranched alkanes of at least 4 members (excludes halogenated alkanes) is 2. The average Bonchev–Trinajstić information content (AvgIpc) is 2.67. The molecular weight excluding hydrogens is 374 g/mol. The van der Waals surface area contributed by atoms with E-state index in [-0.39, 0.29) is 12.2 Å². The number of hydrogen-bond donors (Lipinski definition) is 1. The average molecular weight is 410 g/mol. The van der Waals surface area contributed by atoms with Gasteiger partial charge in [0.05, 0.1) is 12.6 Å². The monoisotopic (exact) mass is 409 g/mol. The first kappa shape index (κ1) is 24.8. The summed E-state index contributed by atoms with van der Waals surface area (Å²) in [6.07, 6.45) is 2.06. The van der Waals surface area contributed by atoms with Gasteiger partial charge in [-0.15, -0.1) is 0 Å². The predicted molar refractivity (Wildman–Crippen MR) is 111 cm³/mol. The van der Waals surface area contributed by atoms with E-state index in [1.54, 1.807) is 24.0 Å². The minimum absolute atomic E-state index is 0.157. The zero-order valence-corrected chi connectivity index (χ0v) is 18.1. The highest BCUT2D eigenvalue weighted by Crippen LogP contribution is 2.15. The highest BCUT2D eigenvalue weighted by Gasteiger charge is 2.18. The van der Waals surface area contributed by atoms with Crippen LogP contribution in [0.1, 0.15) is 52.5 Å². The van der Waals surface area contributed by atoms with Gasteiger partial charge in [-0.3, -0.25) is 0 Å². The van der Waals surface area contributed by atoms with Crippen molar-refractivity contribution in [3.8, 4) is 5.75 Å². The quantitative estimate of drug-likeness (QED) is 0.465. The number of carboxylic acid groups (broad SMARTS) is 1. The van der Waals surface area contributed by atoms with E-state index in [0.717, 1.165) is 24.8 Å². The lowest BCUT2D eigenvalue weighted by molar-refractivity contribution is -0.149. The van der Waals surface area contributed by atoms with E-state index in [4.69, 9.17) is 14.2 Å². The molecule has 1 amide bonds. The summed E-state index contributed by atoms with van der Waals surface area (Å²) in [5.41, 5.74) is 0.861. The molecule has 0 aliphatic rings. The van der Waals surface area contributed by atoms with Crippen LogP contribution in [-0.4, -0.2) is 60.6 Å². The lowest BCUT2D eigenvalue weighted by atomic mass is 10.1. The molecule has 7 nitrogen and oxygen atoms in total. The number of rotatable bonds is 14. The Balaban J connectivity index is 2.54. The second-order valence-corrected chi connectivity index (χ2v) is 7.11.